The second-order valence-corrected chi connectivity index (χ2v) is 13.3. The van der Waals surface area contributed by atoms with Gasteiger partial charge in [-0.2, -0.15) is 0 Å². The number of para-hydroxylation sites is 1. The number of rotatable bonds is 2. The smallest absolute Gasteiger partial charge is 0.235 e. The Hall–Kier alpha value is -7.52. The van der Waals surface area contributed by atoms with Crippen molar-refractivity contribution in [1.29, 1.82) is 0 Å². The Morgan fingerprint density at radius 2 is 1.02 bits per heavy atom. The molecule has 0 aliphatic carbocycles. The lowest BCUT2D eigenvalue weighted by Gasteiger charge is -2.16. The topological polar surface area (TPSA) is 145 Å². The summed E-state index contributed by atoms with van der Waals surface area (Å²) >= 11 is 0. The molecule has 0 radical (unpaired) electrons. The first-order valence-corrected chi connectivity index (χ1v) is 17.0. The van der Waals surface area contributed by atoms with E-state index >= 15 is 0 Å². The van der Waals surface area contributed by atoms with Crippen molar-refractivity contribution in [3.05, 3.63) is 121 Å². The summed E-state index contributed by atoms with van der Waals surface area (Å²) in [6.45, 7) is 0. The van der Waals surface area contributed by atoms with Gasteiger partial charge < -0.3 is 29.9 Å². The number of hydrogen-bond donors (Lipinski definition) is 5. The van der Waals surface area contributed by atoms with Crippen LogP contribution in [0, 0.1) is 0 Å². The van der Waals surface area contributed by atoms with E-state index in [0.29, 0.717) is 16.5 Å². The maximum atomic E-state index is 11.3. The highest BCUT2D eigenvalue weighted by Gasteiger charge is 2.29. The van der Waals surface area contributed by atoms with Crippen LogP contribution >= 0.6 is 0 Å². The molecular weight excluding hydrogens is 666 g/mol. The first-order valence-electron chi connectivity index (χ1n) is 17.0. The van der Waals surface area contributed by atoms with E-state index < -0.39 is 28.7 Å². The van der Waals surface area contributed by atoms with Crippen LogP contribution in [0.5, 0.6) is 28.7 Å². The van der Waals surface area contributed by atoms with Gasteiger partial charge in [0.25, 0.3) is 0 Å². The van der Waals surface area contributed by atoms with Gasteiger partial charge in [-0.15, -0.1) is 0 Å². The van der Waals surface area contributed by atoms with E-state index in [1.807, 2.05) is 83.4 Å². The summed E-state index contributed by atoms with van der Waals surface area (Å²) in [5.41, 5.74) is 3.17. The fourth-order valence-electron chi connectivity index (χ4n) is 8.07. The van der Waals surface area contributed by atoms with Crippen molar-refractivity contribution in [2.45, 2.75) is 0 Å². The fraction of sp³-hybridized carbons (Fsp3) is 0. The quantitative estimate of drug-likeness (QED) is 0.0684. The van der Waals surface area contributed by atoms with E-state index in [2.05, 4.69) is 42.5 Å². The molecule has 0 saturated carbocycles. The van der Waals surface area contributed by atoms with Crippen LogP contribution in [0.3, 0.4) is 0 Å². The summed E-state index contributed by atoms with van der Waals surface area (Å²) in [5, 5.41) is 64.0. The predicted molar refractivity (Wildman–Crippen MR) is 207 cm³/mol. The molecule has 0 saturated heterocycles. The Morgan fingerprint density at radius 1 is 0.472 bits per heavy atom. The first kappa shape index (κ1) is 29.2. The minimum absolute atomic E-state index is 0.0300. The number of phenols is 5. The molecule has 11 rings (SSSR count). The lowest BCUT2D eigenvalue weighted by molar-refractivity contribution is 0.330. The van der Waals surface area contributed by atoms with Crippen LogP contribution in [0.1, 0.15) is 0 Å². The molecule has 0 aliphatic heterocycles. The lowest BCUT2D eigenvalue weighted by atomic mass is 9.98. The van der Waals surface area contributed by atoms with Gasteiger partial charge in [-0.3, -0.25) is 4.57 Å². The van der Waals surface area contributed by atoms with Gasteiger partial charge in [-0.05, 0) is 57.3 Å². The predicted octanol–water partition coefficient (Wildman–Crippen LogP) is 10.3. The van der Waals surface area contributed by atoms with Crippen molar-refractivity contribution in [2.75, 3.05) is 0 Å². The van der Waals surface area contributed by atoms with Gasteiger partial charge in [0.2, 0.25) is 23.2 Å². The fourth-order valence-corrected chi connectivity index (χ4v) is 8.07. The highest BCUT2D eigenvalue weighted by atomic mass is 16.4. The van der Waals surface area contributed by atoms with Crippen molar-refractivity contribution in [3.8, 4) is 46.0 Å². The van der Waals surface area contributed by atoms with Crippen LogP contribution in [0.15, 0.2) is 126 Å². The van der Waals surface area contributed by atoms with Crippen molar-refractivity contribution in [3.63, 3.8) is 0 Å². The number of fused-ring (bicyclic) bond motifs is 13. The number of aromatic nitrogens is 3. The van der Waals surface area contributed by atoms with Crippen LogP contribution in [-0.2, 0) is 0 Å². The molecule has 0 fully saturated rings. The molecule has 8 aromatic carbocycles. The summed E-state index contributed by atoms with van der Waals surface area (Å²) in [6, 6.07) is 39.9. The van der Waals surface area contributed by atoms with E-state index in [0.717, 1.165) is 70.5 Å². The average molecular weight is 692 g/mol. The maximum Gasteiger partial charge on any atom is 0.235 e. The lowest BCUT2D eigenvalue weighted by Crippen LogP contribution is -2.04. The third kappa shape index (κ3) is 3.85. The van der Waals surface area contributed by atoms with Crippen LogP contribution in [0.4, 0.5) is 0 Å². The van der Waals surface area contributed by atoms with E-state index in [1.165, 1.54) is 0 Å². The third-order valence-electron chi connectivity index (χ3n) is 10.5. The summed E-state index contributed by atoms with van der Waals surface area (Å²) in [4.78, 5) is 10.2. The largest absolute Gasteiger partial charge is 0.504 e. The number of furan rings is 1. The van der Waals surface area contributed by atoms with Crippen LogP contribution < -0.4 is 0 Å². The molecule has 0 bridgehead atoms. The Morgan fingerprint density at radius 3 is 1.72 bits per heavy atom. The Labute approximate surface area is 298 Å². The second kappa shape index (κ2) is 10.3. The van der Waals surface area contributed by atoms with Crippen molar-refractivity contribution in [2.24, 2.45) is 0 Å². The van der Waals surface area contributed by atoms with Gasteiger partial charge in [0.05, 0.1) is 33.2 Å². The summed E-state index contributed by atoms with van der Waals surface area (Å²) in [7, 11) is 0. The third-order valence-corrected chi connectivity index (χ3v) is 10.5. The molecule has 53 heavy (non-hydrogen) atoms. The summed E-state index contributed by atoms with van der Waals surface area (Å²) < 4.78 is 8.72. The first-order chi connectivity index (χ1) is 25.9. The van der Waals surface area contributed by atoms with Gasteiger partial charge in [0.15, 0.2) is 11.5 Å². The summed E-state index contributed by atoms with van der Waals surface area (Å²) in [5.74, 6) is -4.53. The van der Waals surface area contributed by atoms with Crippen LogP contribution in [0.25, 0.3) is 104 Å². The number of phenolic OH excluding ortho intramolecular Hbond substituents is 5. The van der Waals surface area contributed by atoms with Gasteiger partial charge >= 0.3 is 0 Å². The molecule has 3 aromatic heterocycles. The van der Waals surface area contributed by atoms with Crippen LogP contribution in [0.2, 0.25) is 0 Å². The monoisotopic (exact) mass is 691 g/mol. The van der Waals surface area contributed by atoms with E-state index in [-0.39, 0.29) is 17.2 Å². The maximum absolute atomic E-state index is 11.3. The van der Waals surface area contributed by atoms with E-state index in [4.69, 9.17) is 14.4 Å². The molecule has 9 nitrogen and oxygen atoms in total. The molecule has 0 aliphatic rings. The van der Waals surface area contributed by atoms with Crippen molar-refractivity contribution >= 4 is 87.0 Å². The molecule has 252 valence electrons. The highest BCUT2D eigenvalue weighted by molar-refractivity contribution is 6.35. The highest BCUT2D eigenvalue weighted by Crippen LogP contribution is 2.55. The Bertz CT molecular complexity index is 3390. The number of benzene rings is 8. The van der Waals surface area contributed by atoms with Crippen molar-refractivity contribution < 1.29 is 29.9 Å². The Kier molecular flexibility index (Phi) is 5.67. The molecule has 3 heterocycles. The molecule has 11 aromatic rings. The van der Waals surface area contributed by atoms with Crippen molar-refractivity contribution in [1.82, 2.24) is 14.5 Å². The second-order valence-electron chi connectivity index (χ2n) is 13.3. The normalized spacial score (nSPS) is 12.2. The number of aromatic hydroxyl groups is 5. The van der Waals surface area contributed by atoms with Crippen LogP contribution in [-0.4, -0.2) is 40.1 Å². The zero-order chi connectivity index (χ0) is 35.7. The number of nitrogens with zero attached hydrogens (tertiary/aromatic N) is 3. The standard InChI is InChI=1S/C44H25N3O6/c48-38-35(39(49)41(51)42(52)40(38)50)36-28-17-21-9-1-3-11-23(21)19-30(28)45-44(46-36)47-31-16-8-7-15-27(31)33-25-13-5-6-14-26(25)43-34(37(33)47)29-18-22-10-2-4-12-24(22)20-32(29)53-43/h1-20,48-52H. The van der Waals surface area contributed by atoms with Gasteiger partial charge in [-0.1, -0.05) is 91.0 Å². The molecule has 5 N–H and O–H groups in total. The molecule has 0 atom stereocenters. The molecule has 0 amide bonds. The van der Waals surface area contributed by atoms with Gasteiger partial charge in [0.1, 0.15) is 11.2 Å². The number of hydrogen-bond acceptors (Lipinski definition) is 8. The summed E-state index contributed by atoms with van der Waals surface area (Å²) in [6.07, 6.45) is 0. The van der Waals surface area contributed by atoms with E-state index in [9.17, 15) is 25.5 Å². The minimum atomic E-state index is -1.05. The molecular formula is C44H25N3O6. The molecule has 0 spiro atoms. The average Bonchev–Trinajstić information content (AvgIpc) is 3.73. The minimum Gasteiger partial charge on any atom is -0.504 e. The molecule has 0 unspecified atom stereocenters. The van der Waals surface area contributed by atoms with Gasteiger partial charge in [-0.25, -0.2) is 9.97 Å². The zero-order valence-corrected chi connectivity index (χ0v) is 27.5. The SMILES string of the molecule is Oc1c(O)c(O)c(-c2nc(-n3c4ccccc4c4c5ccccc5c5oc6cc7ccccc7cc6c5c43)nc3cc4ccccc4cc23)c(O)c1O. The van der Waals surface area contributed by atoms with E-state index in [1.54, 1.807) is 0 Å². The van der Waals surface area contributed by atoms with Gasteiger partial charge in [0, 0.05) is 26.9 Å². The zero-order valence-electron chi connectivity index (χ0n) is 27.5. The Balaban J connectivity index is 1.38. The molecule has 9 heteroatoms.